The summed E-state index contributed by atoms with van der Waals surface area (Å²) < 4.78 is 161. The molecule has 6 heteroatoms. The van der Waals surface area contributed by atoms with E-state index in [1.165, 1.54) is 33.5 Å². The van der Waals surface area contributed by atoms with Gasteiger partial charge in [0.2, 0.25) is 0 Å². The largest absolute Gasteiger partial charge is 0.510 e. The van der Waals surface area contributed by atoms with Crippen molar-refractivity contribution in [2.45, 2.75) is 32.6 Å². The van der Waals surface area contributed by atoms with Gasteiger partial charge in [-0.2, -0.15) is 18.2 Å². The third-order valence-corrected chi connectivity index (χ3v) is 9.94. The van der Waals surface area contributed by atoms with Gasteiger partial charge in [0.15, 0.2) is 0 Å². The van der Waals surface area contributed by atoms with Crippen LogP contribution in [0.5, 0.6) is 11.5 Å². The van der Waals surface area contributed by atoms with Crippen LogP contribution in [0.15, 0.2) is 176 Å². The van der Waals surface area contributed by atoms with Crippen LogP contribution in [-0.2, 0) is 21.1 Å². The van der Waals surface area contributed by atoms with Crippen molar-refractivity contribution < 1.29 is 53.7 Å². The van der Waals surface area contributed by atoms with Crippen LogP contribution in [0.4, 0.5) is 0 Å². The van der Waals surface area contributed by atoms with Crippen molar-refractivity contribution in [2.75, 3.05) is 0 Å². The first-order valence-corrected chi connectivity index (χ1v) is 18.5. The smallest absolute Gasteiger partial charge is 0.268 e. The summed E-state index contributed by atoms with van der Waals surface area (Å²) in [6, 6.07) is 17.3. The summed E-state index contributed by atoms with van der Waals surface area (Å²) in [5.74, 6) is -1.06. The summed E-state index contributed by atoms with van der Waals surface area (Å²) in [4.78, 5) is 4.59. The predicted octanol–water partition coefficient (Wildman–Crippen LogP) is 12.8. The molecule has 7 aromatic carbocycles. The van der Waals surface area contributed by atoms with E-state index in [1.54, 1.807) is 59.2 Å². The second-order valence-electron chi connectivity index (χ2n) is 13.2. The molecule has 0 aliphatic rings. The fourth-order valence-corrected chi connectivity index (χ4v) is 7.29. The van der Waals surface area contributed by atoms with Gasteiger partial charge in [0.25, 0.3) is 6.33 Å². The topological polar surface area (TPSA) is 35.9 Å². The quantitative estimate of drug-likeness (QED) is 0.101. The molecule has 0 aliphatic carbocycles. The molecular formula is C53H40N4OPt-2. The minimum absolute atomic E-state index is 0. The maximum absolute atomic E-state index is 9.34. The van der Waals surface area contributed by atoms with Gasteiger partial charge in [0, 0.05) is 47.0 Å². The molecule has 0 unspecified atom stereocenters. The van der Waals surface area contributed by atoms with Gasteiger partial charge in [-0.25, -0.2) is 4.98 Å². The molecule has 0 fully saturated rings. The Labute approximate surface area is 383 Å². The molecule has 3 heterocycles. The SMILES string of the molecule is [2H]c1c([2H])c([2H])c(-c2cccc(-c3c([2H])c([2H])c([2H])c([2H])c3[2H])c2-[n+]2[c-]n(-c3[c-]c(Oc4[c-]c5c(c([2H])c4[2H])c4c([2H])c([2H])c([2H])c([2H])c4n5-c4cc(C([2H])(CC)CC)ccn4)ccc3)c3ccccc32)c([2H])c1[2H].[Pt]. The number of para-hydroxylation sites is 4. The van der Waals surface area contributed by atoms with E-state index in [1.807, 2.05) is 13.8 Å². The normalized spacial score (nSPS) is 15.6. The number of nitrogens with zero attached hydrogens (tertiary/aromatic N) is 4. The number of rotatable bonds is 10. The Bertz CT molecular complexity index is 3930. The summed E-state index contributed by atoms with van der Waals surface area (Å²) in [5, 5.41) is -0.0142. The zero-order valence-electron chi connectivity index (χ0n) is 48.4. The van der Waals surface area contributed by atoms with E-state index in [0.29, 0.717) is 29.4 Å². The van der Waals surface area contributed by atoms with Crippen molar-refractivity contribution in [1.29, 1.82) is 0 Å². The Kier molecular flexibility index (Phi) is 6.42. The Hall–Kier alpha value is -6.55. The summed E-state index contributed by atoms with van der Waals surface area (Å²) >= 11 is 0. The van der Waals surface area contributed by atoms with Crippen LogP contribution >= 0.6 is 0 Å². The first-order valence-electron chi connectivity index (χ1n) is 27.0. The predicted molar refractivity (Wildman–Crippen MR) is 234 cm³/mol. The van der Waals surface area contributed by atoms with Gasteiger partial charge in [0.1, 0.15) is 5.82 Å². The minimum Gasteiger partial charge on any atom is -0.510 e. The van der Waals surface area contributed by atoms with Crippen molar-refractivity contribution in [3.8, 4) is 50.9 Å². The molecule has 0 bridgehead atoms. The van der Waals surface area contributed by atoms with Crippen molar-refractivity contribution in [1.82, 2.24) is 14.1 Å². The molecule has 10 rings (SSSR count). The number of ether oxygens (including phenoxy) is 1. The monoisotopic (exact) mass is 960 g/mol. The number of fused-ring (bicyclic) bond motifs is 4. The summed E-state index contributed by atoms with van der Waals surface area (Å²) in [6.45, 7) is 3.79. The summed E-state index contributed by atoms with van der Waals surface area (Å²) in [6.07, 6.45) is 5.74. The van der Waals surface area contributed by atoms with Crippen molar-refractivity contribution in [3.63, 3.8) is 0 Å². The molecule has 0 amide bonds. The average Bonchev–Trinajstić information content (AvgIpc) is 4.04. The summed E-state index contributed by atoms with van der Waals surface area (Å²) in [7, 11) is 0. The maximum atomic E-state index is 9.34. The Balaban J connectivity index is 0.00000706. The molecule has 59 heavy (non-hydrogen) atoms. The van der Waals surface area contributed by atoms with E-state index < -0.39 is 103 Å². The van der Waals surface area contributed by atoms with E-state index in [9.17, 15) is 4.11 Å². The van der Waals surface area contributed by atoms with E-state index in [0.717, 1.165) is 0 Å². The Morgan fingerprint density at radius 2 is 1.39 bits per heavy atom. The second kappa shape index (κ2) is 16.4. The molecule has 0 spiro atoms. The van der Waals surface area contributed by atoms with Crippen LogP contribution in [0.3, 0.4) is 0 Å². The molecule has 0 N–H and O–H groups in total. The zero-order chi connectivity index (χ0) is 53.8. The van der Waals surface area contributed by atoms with Gasteiger partial charge >= 0.3 is 0 Å². The van der Waals surface area contributed by atoms with Crippen molar-refractivity contribution >= 4 is 32.8 Å². The fourth-order valence-electron chi connectivity index (χ4n) is 7.29. The number of imidazole rings is 1. The molecule has 0 radical (unpaired) electrons. The summed E-state index contributed by atoms with van der Waals surface area (Å²) in [5.41, 5.74) is 1.59. The van der Waals surface area contributed by atoms with Gasteiger partial charge in [-0.05, 0) is 77.2 Å². The van der Waals surface area contributed by atoms with Gasteiger partial charge in [0.05, 0.1) is 35.9 Å². The molecule has 5 nitrogen and oxygen atoms in total. The number of pyridine rings is 1. The van der Waals surface area contributed by atoms with E-state index in [4.69, 9.17) is 23.9 Å². The maximum Gasteiger partial charge on any atom is 0.268 e. The van der Waals surface area contributed by atoms with Crippen LogP contribution < -0.4 is 9.30 Å². The van der Waals surface area contributed by atoms with Crippen molar-refractivity contribution in [3.05, 3.63) is 200 Å². The molecule has 3 aromatic heterocycles. The molecule has 0 saturated carbocycles. The second-order valence-corrected chi connectivity index (χ2v) is 13.2. The molecule has 290 valence electrons. The molecule has 0 atom stereocenters. The van der Waals surface area contributed by atoms with Gasteiger partial charge in [-0.3, -0.25) is 4.57 Å². The van der Waals surface area contributed by atoms with Crippen LogP contribution in [-0.4, -0.2) is 14.1 Å². The van der Waals surface area contributed by atoms with Crippen LogP contribution in [0.25, 0.3) is 72.3 Å². The first-order chi connectivity index (χ1) is 35.7. The van der Waals surface area contributed by atoms with Gasteiger partial charge < -0.3 is 13.9 Å². The number of hydrogen-bond acceptors (Lipinski definition) is 2. The number of aromatic nitrogens is 4. The van der Waals surface area contributed by atoms with Gasteiger partial charge in [-0.15, -0.1) is 29.6 Å². The first kappa shape index (κ1) is 23.1. The van der Waals surface area contributed by atoms with Crippen LogP contribution in [0, 0.1) is 18.5 Å². The van der Waals surface area contributed by atoms with E-state index in [-0.39, 0.29) is 93.8 Å². The van der Waals surface area contributed by atoms with Crippen molar-refractivity contribution in [2.24, 2.45) is 0 Å². The Morgan fingerprint density at radius 3 is 2.14 bits per heavy atom. The van der Waals surface area contributed by atoms with Gasteiger partial charge in [-0.1, -0.05) is 140 Å². The third kappa shape index (κ3) is 6.96. The van der Waals surface area contributed by atoms with Crippen LogP contribution in [0.2, 0.25) is 0 Å². The van der Waals surface area contributed by atoms with Crippen LogP contribution in [0.1, 0.15) is 61.4 Å². The molecule has 0 aliphatic heterocycles. The number of hydrogen-bond donors (Lipinski definition) is 0. The molecular weight excluding hydrogens is 904 g/mol. The standard InChI is InChI=1S/C53H40N4O.Pt/c1-3-37(4-2)40-31-32-54-52(33-40)57-48-26-12-11-23-46(48)47-30-29-43(35-51(47)57)58-42-22-15-21-41(34-42)55-36-56(50-28-14-13-27-49(50)55)53-44(38-17-7-5-8-18-38)24-16-25-45(53)39-19-9-6-10-20-39;/h5-33,37H,3-4H2,1-2H3;/q-2;/i5D,6D,7D,8D,9D,10D,11D,12D,17D,18D,19D,20D,23D,26D,29D,30D,37D;. The third-order valence-electron chi connectivity index (χ3n) is 9.94. The number of benzene rings is 7. The fraction of sp³-hybridized carbons (Fsp3) is 0.0943. The molecule has 10 aromatic rings. The minimum atomic E-state index is -1.01. The average molecular weight is 961 g/mol. The van der Waals surface area contributed by atoms with E-state index in [2.05, 4.69) is 23.4 Å². The molecule has 0 saturated heterocycles. The zero-order valence-corrected chi connectivity index (χ0v) is 33.7. The van der Waals surface area contributed by atoms with E-state index >= 15 is 0 Å². The Morgan fingerprint density at radius 1 is 0.695 bits per heavy atom.